The van der Waals surface area contributed by atoms with Crippen molar-refractivity contribution in [2.24, 2.45) is 0 Å². The first-order valence-electron chi connectivity index (χ1n) is 13.9. The van der Waals surface area contributed by atoms with Crippen molar-refractivity contribution in [3.63, 3.8) is 0 Å². The van der Waals surface area contributed by atoms with Gasteiger partial charge < -0.3 is 14.4 Å². The SMILES string of the molecule is COc1cc(C2C3=C(CCCC3=O)N(Cc3ccccc3)C3=C2C(=O)CCC3)ccc1OCc1ccc(Br)cc1. The van der Waals surface area contributed by atoms with E-state index in [1.54, 1.807) is 7.11 Å². The summed E-state index contributed by atoms with van der Waals surface area (Å²) in [5, 5.41) is 0. The summed E-state index contributed by atoms with van der Waals surface area (Å²) in [6.07, 6.45) is 4.35. The number of benzene rings is 3. The number of nitrogens with zero attached hydrogens (tertiary/aromatic N) is 1. The molecule has 0 amide bonds. The fourth-order valence-electron chi connectivity index (χ4n) is 6.23. The van der Waals surface area contributed by atoms with Crippen molar-refractivity contribution in [3.8, 4) is 11.5 Å². The van der Waals surface area contributed by atoms with E-state index in [4.69, 9.17) is 9.47 Å². The summed E-state index contributed by atoms with van der Waals surface area (Å²) < 4.78 is 12.9. The Bertz CT molecular complexity index is 1460. The molecular weight excluding hydrogens is 566 g/mol. The summed E-state index contributed by atoms with van der Waals surface area (Å²) in [7, 11) is 1.63. The lowest BCUT2D eigenvalue weighted by Crippen LogP contribution is -2.38. The van der Waals surface area contributed by atoms with Crippen molar-refractivity contribution in [2.45, 2.75) is 57.6 Å². The van der Waals surface area contributed by atoms with E-state index >= 15 is 0 Å². The van der Waals surface area contributed by atoms with Gasteiger partial charge in [-0.25, -0.2) is 0 Å². The second kappa shape index (κ2) is 11.5. The Morgan fingerprint density at radius 2 is 1.43 bits per heavy atom. The second-order valence-electron chi connectivity index (χ2n) is 10.6. The molecule has 0 aromatic heterocycles. The van der Waals surface area contributed by atoms with E-state index in [1.165, 1.54) is 5.56 Å². The van der Waals surface area contributed by atoms with Crippen LogP contribution in [0.4, 0.5) is 0 Å². The Morgan fingerprint density at radius 3 is 2.05 bits per heavy atom. The highest BCUT2D eigenvalue weighted by molar-refractivity contribution is 9.10. The Labute approximate surface area is 243 Å². The zero-order chi connectivity index (χ0) is 27.6. The molecular formula is C34H32BrNO4. The van der Waals surface area contributed by atoms with Crippen LogP contribution in [0.2, 0.25) is 0 Å². The van der Waals surface area contributed by atoms with E-state index < -0.39 is 0 Å². The number of hydrogen-bond acceptors (Lipinski definition) is 5. The Balaban J connectivity index is 1.40. The van der Waals surface area contributed by atoms with E-state index in [9.17, 15) is 9.59 Å². The van der Waals surface area contributed by atoms with Crippen LogP contribution in [0.1, 0.15) is 61.1 Å². The molecule has 0 radical (unpaired) electrons. The maximum atomic E-state index is 13.6. The quantitative estimate of drug-likeness (QED) is 0.280. The van der Waals surface area contributed by atoms with Crippen molar-refractivity contribution < 1.29 is 19.1 Å². The molecule has 0 unspecified atom stereocenters. The molecule has 2 aliphatic carbocycles. The summed E-state index contributed by atoms with van der Waals surface area (Å²) >= 11 is 3.47. The average molecular weight is 599 g/mol. The fraction of sp³-hybridized carbons (Fsp3) is 0.294. The summed E-state index contributed by atoms with van der Waals surface area (Å²) in [5.41, 5.74) is 6.83. The van der Waals surface area contributed by atoms with Crippen LogP contribution in [-0.4, -0.2) is 23.6 Å². The molecule has 40 heavy (non-hydrogen) atoms. The zero-order valence-corrected chi connectivity index (χ0v) is 24.2. The smallest absolute Gasteiger partial charge is 0.161 e. The minimum absolute atomic E-state index is 0.142. The molecule has 6 rings (SSSR count). The lowest BCUT2D eigenvalue weighted by atomic mass is 9.71. The average Bonchev–Trinajstić information content (AvgIpc) is 2.98. The molecule has 0 N–H and O–H groups in total. The molecule has 0 bridgehead atoms. The van der Waals surface area contributed by atoms with Gasteiger partial charge in [0.05, 0.1) is 7.11 Å². The highest BCUT2D eigenvalue weighted by Gasteiger charge is 2.43. The Kier molecular flexibility index (Phi) is 7.61. The van der Waals surface area contributed by atoms with E-state index in [-0.39, 0.29) is 17.5 Å². The monoisotopic (exact) mass is 597 g/mol. The van der Waals surface area contributed by atoms with Gasteiger partial charge in [0.1, 0.15) is 6.61 Å². The number of carbonyl (C=O) groups excluding carboxylic acids is 2. The molecule has 0 atom stereocenters. The molecule has 3 aromatic carbocycles. The molecule has 0 saturated carbocycles. The van der Waals surface area contributed by atoms with Crippen molar-refractivity contribution in [2.75, 3.05) is 7.11 Å². The number of methoxy groups -OCH3 is 1. The third-order valence-corrected chi connectivity index (χ3v) is 8.63. The largest absolute Gasteiger partial charge is 0.493 e. The van der Waals surface area contributed by atoms with E-state index in [0.717, 1.165) is 63.8 Å². The number of rotatable bonds is 7. The molecule has 5 nitrogen and oxygen atoms in total. The number of ether oxygens (including phenoxy) is 2. The number of carbonyl (C=O) groups is 2. The van der Waals surface area contributed by atoms with Gasteiger partial charge in [-0.1, -0.05) is 64.5 Å². The molecule has 3 aliphatic rings. The lowest BCUT2D eigenvalue weighted by Gasteiger charge is -2.44. The van der Waals surface area contributed by atoms with Crippen LogP contribution in [0.3, 0.4) is 0 Å². The number of halogens is 1. The van der Waals surface area contributed by atoms with Crippen molar-refractivity contribution in [1.29, 1.82) is 0 Å². The maximum Gasteiger partial charge on any atom is 0.161 e. The van der Waals surface area contributed by atoms with Crippen LogP contribution in [-0.2, 0) is 22.7 Å². The summed E-state index contributed by atoms with van der Waals surface area (Å²) in [6.45, 7) is 1.07. The van der Waals surface area contributed by atoms with Crippen LogP contribution in [0, 0.1) is 0 Å². The van der Waals surface area contributed by atoms with Crippen LogP contribution in [0.15, 0.2) is 99.8 Å². The minimum atomic E-state index is -0.382. The molecule has 3 aromatic rings. The summed E-state index contributed by atoms with van der Waals surface area (Å²) in [4.78, 5) is 29.5. The summed E-state index contributed by atoms with van der Waals surface area (Å²) in [5.74, 6) is 1.13. The third-order valence-electron chi connectivity index (χ3n) is 8.10. The van der Waals surface area contributed by atoms with E-state index in [2.05, 4.69) is 33.0 Å². The van der Waals surface area contributed by atoms with Gasteiger partial charge in [-0.05, 0) is 66.6 Å². The van der Waals surface area contributed by atoms with Crippen LogP contribution < -0.4 is 9.47 Å². The van der Waals surface area contributed by atoms with Gasteiger partial charge in [0, 0.05) is 52.3 Å². The van der Waals surface area contributed by atoms with Gasteiger partial charge in [-0.2, -0.15) is 0 Å². The number of ketones is 2. The molecule has 6 heteroatoms. The fourth-order valence-corrected chi connectivity index (χ4v) is 6.50. The zero-order valence-electron chi connectivity index (χ0n) is 22.6. The molecule has 0 fully saturated rings. The van der Waals surface area contributed by atoms with Crippen molar-refractivity contribution in [3.05, 3.63) is 116 Å². The second-order valence-corrected chi connectivity index (χ2v) is 11.5. The first-order valence-corrected chi connectivity index (χ1v) is 14.7. The molecule has 0 spiro atoms. The van der Waals surface area contributed by atoms with Crippen LogP contribution in [0.25, 0.3) is 0 Å². The molecule has 0 saturated heterocycles. The van der Waals surface area contributed by atoms with Gasteiger partial charge in [0.2, 0.25) is 0 Å². The van der Waals surface area contributed by atoms with Crippen molar-refractivity contribution >= 4 is 27.5 Å². The topological polar surface area (TPSA) is 55.8 Å². The van der Waals surface area contributed by atoms with Gasteiger partial charge in [0.15, 0.2) is 23.1 Å². The number of allylic oxidation sites excluding steroid dienone is 4. The van der Waals surface area contributed by atoms with Gasteiger partial charge in [-0.15, -0.1) is 0 Å². The molecule has 1 heterocycles. The highest BCUT2D eigenvalue weighted by atomic mass is 79.9. The highest BCUT2D eigenvalue weighted by Crippen LogP contribution is 2.50. The molecule has 204 valence electrons. The first-order chi connectivity index (χ1) is 19.5. The van der Waals surface area contributed by atoms with Gasteiger partial charge in [-0.3, -0.25) is 9.59 Å². The predicted octanol–water partition coefficient (Wildman–Crippen LogP) is 7.65. The first kappa shape index (κ1) is 26.6. The van der Waals surface area contributed by atoms with Crippen LogP contribution >= 0.6 is 15.9 Å². The lowest BCUT2D eigenvalue weighted by molar-refractivity contribution is -0.117. The third kappa shape index (κ3) is 5.13. The maximum absolute atomic E-state index is 13.6. The van der Waals surface area contributed by atoms with E-state index in [0.29, 0.717) is 37.5 Å². The summed E-state index contributed by atoms with van der Waals surface area (Å²) in [6, 6.07) is 24.2. The van der Waals surface area contributed by atoms with Crippen LogP contribution in [0.5, 0.6) is 11.5 Å². The Morgan fingerprint density at radius 1 is 0.775 bits per heavy atom. The normalized spacial score (nSPS) is 17.6. The predicted molar refractivity (Wildman–Crippen MR) is 158 cm³/mol. The number of Topliss-reactive ketones (excluding diaryl/α,β-unsaturated/α-hetero) is 2. The standard InChI is InChI=1S/C34H32BrNO4/c1-39-31-19-24(15-18-30(31)40-21-23-13-16-25(35)17-14-23)32-33-26(9-5-11-28(33)37)36(20-22-7-3-2-4-8-22)27-10-6-12-29(38)34(27)32/h2-4,7-8,13-19,32H,5-6,9-12,20-21H2,1H3. The van der Waals surface area contributed by atoms with Gasteiger partial charge >= 0.3 is 0 Å². The Hall–Kier alpha value is -3.64. The minimum Gasteiger partial charge on any atom is -0.493 e. The molecule has 1 aliphatic heterocycles. The van der Waals surface area contributed by atoms with E-state index in [1.807, 2.05) is 60.7 Å². The van der Waals surface area contributed by atoms with Gasteiger partial charge in [0.25, 0.3) is 0 Å². The number of hydrogen-bond donors (Lipinski definition) is 0. The van der Waals surface area contributed by atoms with Crippen molar-refractivity contribution in [1.82, 2.24) is 4.90 Å².